The Balaban J connectivity index is 1.63. The smallest absolute Gasteiger partial charge is 0.338 e. The molecule has 9 nitrogen and oxygen atoms in total. The topological polar surface area (TPSA) is 117 Å². The van der Waals surface area contributed by atoms with E-state index in [1.165, 1.54) is 28.0 Å². The first-order valence-electron chi connectivity index (χ1n) is 12.4. The molecular formula is C29H25N3O6S2. The van der Waals surface area contributed by atoms with Gasteiger partial charge < -0.3 is 9.15 Å². The van der Waals surface area contributed by atoms with Gasteiger partial charge in [0.25, 0.3) is 11.2 Å². The number of aromatic nitrogens is 1. The number of ether oxygens (including phenoxy) is 1. The van der Waals surface area contributed by atoms with Crippen LogP contribution < -0.4 is 14.9 Å². The van der Waals surface area contributed by atoms with Gasteiger partial charge in [-0.25, -0.2) is 9.79 Å². The number of carbonyl (C=O) groups excluding carboxylic acids is 1. The van der Waals surface area contributed by atoms with Crippen LogP contribution in [0.3, 0.4) is 0 Å². The molecule has 0 amide bonds. The highest BCUT2D eigenvalue weighted by Crippen LogP contribution is 2.34. The van der Waals surface area contributed by atoms with Gasteiger partial charge in [-0.1, -0.05) is 29.0 Å². The van der Waals surface area contributed by atoms with Gasteiger partial charge in [-0.3, -0.25) is 19.5 Å². The van der Waals surface area contributed by atoms with E-state index < -0.39 is 16.9 Å². The molecule has 0 N–H and O–H groups in total. The van der Waals surface area contributed by atoms with Crippen LogP contribution in [0.4, 0.5) is 5.69 Å². The van der Waals surface area contributed by atoms with Crippen LogP contribution >= 0.6 is 24.0 Å². The monoisotopic (exact) mass is 575 g/mol. The summed E-state index contributed by atoms with van der Waals surface area (Å²) in [6, 6.07) is 12.9. The van der Waals surface area contributed by atoms with Gasteiger partial charge in [0.2, 0.25) is 0 Å². The highest BCUT2D eigenvalue weighted by Gasteiger charge is 2.34. The highest BCUT2D eigenvalue weighted by molar-refractivity contribution is 7.80. The van der Waals surface area contributed by atoms with E-state index in [-0.39, 0.29) is 23.4 Å². The number of hydrogen-bond donors (Lipinski definition) is 1. The molecule has 3 heterocycles. The first-order valence-corrected chi connectivity index (χ1v) is 13.7. The van der Waals surface area contributed by atoms with Crippen LogP contribution in [-0.2, 0) is 9.53 Å². The molecule has 0 bridgehead atoms. The summed E-state index contributed by atoms with van der Waals surface area (Å²) < 4.78 is 13.2. The zero-order chi connectivity index (χ0) is 28.7. The van der Waals surface area contributed by atoms with Crippen molar-refractivity contribution in [1.82, 2.24) is 4.57 Å². The Morgan fingerprint density at radius 1 is 1.20 bits per heavy atom. The van der Waals surface area contributed by atoms with E-state index in [0.29, 0.717) is 48.1 Å². The van der Waals surface area contributed by atoms with Gasteiger partial charge in [0.15, 0.2) is 4.80 Å². The van der Waals surface area contributed by atoms with Crippen LogP contribution in [0.25, 0.3) is 17.4 Å². The van der Waals surface area contributed by atoms with Crippen molar-refractivity contribution >= 4 is 41.7 Å². The molecule has 11 heteroatoms. The molecule has 2 aromatic heterocycles. The molecule has 5 rings (SSSR count). The Labute approximate surface area is 238 Å². The normalized spacial score (nSPS) is 15.1. The molecule has 4 aromatic rings. The summed E-state index contributed by atoms with van der Waals surface area (Å²) in [5.41, 5.74) is 3.51. The van der Waals surface area contributed by atoms with E-state index >= 15 is 0 Å². The zero-order valence-corrected chi connectivity index (χ0v) is 23.8. The lowest BCUT2D eigenvalue weighted by Crippen LogP contribution is -2.40. The Morgan fingerprint density at radius 2 is 1.98 bits per heavy atom. The lowest BCUT2D eigenvalue weighted by atomic mass is 9.95. The van der Waals surface area contributed by atoms with E-state index in [2.05, 4.69) is 17.6 Å². The minimum atomic E-state index is -0.763. The summed E-state index contributed by atoms with van der Waals surface area (Å²) in [6.07, 6.45) is 1.63. The van der Waals surface area contributed by atoms with Gasteiger partial charge in [0.05, 0.1) is 33.4 Å². The van der Waals surface area contributed by atoms with Crippen LogP contribution in [0.2, 0.25) is 0 Å². The molecule has 1 unspecified atom stereocenters. The second-order valence-electron chi connectivity index (χ2n) is 9.32. The van der Waals surface area contributed by atoms with Crippen LogP contribution in [0.15, 0.2) is 78.9 Å². The average Bonchev–Trinajstić information content (AvgIpc) is 3.47. The van der Waals surface area contributed by atoms with Gasteiger partial charge in [-0.2, -0.15) is 0 Å². The van der Waals surface area contributed by atoms with Gasteiger partial charge in [0.1, 0.15) is 11.5 Å². The molecule has 2 aromatic carbocycles. The van der Waals surface area contributed by atoms with Crippen molar-refractivity contribution in [3.05, 3.63) is 112 Å². The second-order valence-corrected chi connectivity index (χ2v) is 10.8. The van der Waals surface area contributed by atoms with Gasteiger partial charge >= 0.3 is 5.97 Å². The van der Waals surface area contributed by atoms with Crippen molar-refractivity contribution < 1.29 is 18.9 Å². The molecule has 0 spiro atoms. The Kier molecular flexibility index (Phi) is 7.35. The predicted molar refractivity (Wildman–Crippen MR) is 154 cm³/mol. The zero-order valence-electron chi connectivity index (χ0n) is 22.1. The van der Waals surface area contributed by atoms with Crippen molar-refractivity contribution in [2.24, 2.45) is 4.99 Å². The summed E-state index contributed by atoms with van der Waals surface area (Å²) in [5.74, 6) is 0.413. The molecular weight excluding hydrogens is 550 g/mol. The van der Waals surface area contributed by atoms with Crippen molar-refractivity contribution in [3.8, 4) is 11.3 Å². The quantitative estimate of drug-likeness (QED) is 0.152. The number of aryl methyl sites for hydroxylation is 2. The second kappa shape index (κ2) is 10.7. The summed E-state index contributed by atoms with van der Waals surface area (Å²) in [6.45, 7) is 7.35. The Morgan fingerprint density at radius 3 is 2.65 bits per heavy atom. The lowest BCUT2D eigenvalue weighted by molar-refractivity contribution is -0.384. The fourth-order valence-electron chi connectivity index (χ4n) is 4.71. The molecule has 0 saturated heterocycles. The van der Waals surface area contributed by atoms with Gasteiger partial charge in [-0.05, 0) is 63.1 Å². The predicted octanol–water partition coefficient (Wildman–Crippen LogP) is 4.87. The minimum absolute atomic E-state index is 0.000814. The molecule has 40 heavy (non-hydrogen) atoms. The third kappa shape index (κ3) is 4.93. The number of thiazole rings is 1. The molecule has 204 valence electrons. The molecule has 0 fully saturated rings. The maximum absolute atomic E-state index is 13.8. The van der Waals surface area contributed by atoms with Crippen molar-refractivity contribution in [3.63, 3.8) is 0 Å². The number of hydrogen-bond acceptors (Lipinski definition) is 9. The van der Waals surface area contributed by atoms with E-state index in [1.54, 1.807) is 45.0 Å². The first kappa shape index (κ1) is 27.4. The lowest BCUT2D eigenvalue weighted by Gasteiger charge is -2.25. The largest absolute Gasteiger partial charge is 0.463 e. The van der Waals surface area contributed by atoms with Crippen LogP contribution in [0.1, 0.15) is 42.3 Å². The maximum Gasteiger partial charge on any atom is 0.338 e. The minimum Gasteiger partial charge on any atom is -0.463 e. The molecule has 0 radical (unpaired) electrons. The Bertz CT molecular complexity index is 1900. The van der Waals surface area contributed by atoms with Crippen LogP contribution in [0, 0.1) is 24.0 Å². The number of non-ortho nitro benzene ring substituents is 1. The molecule has 1 atom stereocenters. The standard InChI is InChI=1S/C29H25N3O6S2/c1-5-37-28(34)25-17(4)30-29-31(26(25)21-9-6-15(2)12-23(21)39)27(33)24(40-29)14-19-8-11-22(38-19)20-10-7-18(32(35)36)13-16(20)3/h6-14,26,39H,5H2,1-4H3. The molecule has 1 aliphatic heterocycles. The third-order valence-corrected chi connectivity index (χ3v) is 7.95. The van der Waals surface area contributed by atoms with E-state index in [0.717, 1.165) is 5.56 Å². The average molecular weight is 576 g/mol. The summed E-state index contributed by atoms with van der Waals surface area (Å²) in [5, 5.41) is 11.1. The Hall–Kier alpha value is -4.22. The number of nitro groups is 1. The number of nitrogens with zero attached hydrogens (tertiary/aromatic N) is 3. The number of benzene rings is 2. The summed E-state index contributed by atoms with van der Waals surface area (Å²) >= 11 is 5.86. The molecule has 1 aliphatic rings. The van der Waals surface area contributed by atoms with Gasteiger partial charge in [-0.15, -0.1) is 12.6 Å². The van der Waals surface area contributed by atoms with Crippen LogP contribution in [0.5, 0.6) is 0 Å². The fraction of sp³-hybridized carbons (Fsp3) is 0.207. The van der Waals surface area contributed by atoms with E-state index in [9.17, 15) is 19.7 Å². The number of esters is 1. The number of furan rings is 1. The van der Waals surface area contributed by atoms with E-state index in [4.69, 9.17) is 9.15 Å². The number of thiol groups is 1. The number of allylic oxidation sites excluding steroid dienone is 1. The van der Waals surface area contributed by atoms with E-state index in [1.807, 2.05) is 25.1 Å². The van der Waals surface area contributed by atoms with Crippen molar-refractivity contribution in [1.29, 1.82) is 0 Å². The first-order chi connectivity index (χ1) is 19.1. The summed E-state index contributed by atoms with van der Waals surface area (Å²) in [7, 11) is 0. The summed E-state index contributed by atoms with van der Waals surface area (Å²) in [4.78, 5) is 43.2. The molecule has 0 aliphatic carbocycles. The van der Waals surface area contributed by atoms with Crippen molar-refractivity contribution in [2.75, 3.05) is 6.61 Å². The molecule has 0 saturated carbocycles. The SMILES string of the molecule is CCOC(=O)C1=C(C)N=c2sc(=Cc3ccc(-c4ccc([N+](=O)[O-])cc4C)o3)c(=O)n2C1c1ccc(C)cc1S. The van der Waals surface area contributed by atoms with Crippen LogP contribution in [-0.4, -0.2) is 22.1 Å². The third-order valence-electron chi connectivity index (χ3n) is 6.58. The fourth-order valence-corrected chi connectivity index (χ4v) is 6.14. The maximum atomic E-state index is 13.8. The number of carbonyl (C=O) groups is 1. The number of rotatable bonds is 6. The highest BCUT2D eigenvalue weighted by atomic mass is 32.1. The number of nitro benzene ring substituents is 1. The number of fused-ring (bicyclic) bond motifs is 1. The van der Waals surface area contributed by atoms with Gasteiger partial charge in [0, 0.05) is 28.7 Å². The van der Waals surface area contributed by atoms with Crippen molar-refractivity contribution in [2.45, 2.75) is 38.6 Å².